The van der Waals surface area contributed by atoms with Crippen molar-refractivity contribution in [3.63, 3.8) is 0 Å². The molecule has 27 heavy (non-hydrogen) atoms. The number of rotatable bonds is 8. The van der Waals surface area contributed by atoms with E-state index in [9.17, 15) is 19.8 Å². The van der Waals surface area contributed by atoms with Crippen molar-refractivity contribution >= 4 is 11.9 Å². The van der Waals surface area contributed by atoms with Crippen molar-refractivity contribution in [1.82, 2.24) is 0 Å². The Balaban J connectivity index is 2.57. The summed E-state index contributed by atoms with van der Waals surface area (Å²) in [6.45, 7) is 11.5. The minimum atomic E-state index is -0.963. The molecule has 0 amide bonds. The first-order valence-electron chi connectivity index (χ1n) is 8.67. The van der Waals surface area contributed by atoms with Gasteiger partial charge in [0.2, 0.25) is 0 Å². The molecule has 0 bridgehead atoms. The zero-order valence-corrected chi connectivity index (χ0v) is 15.7. The van der Waals surface area contributed by atoms with Crippen molar-refractivity contribution in [3.8, 4) is 0 Å². The molecule has 2 rings (SSSR count). The second-order valence-corrected chi connectivity index (χ2v) is 6.96. The lowest BCUT2D eigenvalue weighted by atomic mass is 9.76. The third-order valence-electron chi connectivity index (χ3n) is 4.84. The van der Waals surface area contributed by atoms with Crippen LogP contribution < -0.4 is 0 Å². The van der Waals surface area contributed by atoms with Crippen LogP contribution in [0.15, 0.2) is 61.7 Å². The Bertz CT molecular complexity index is 833. The molecule has 4 nitrogen and oxygen atoms in total. The summed E-state index contributed by atoms with van der Waals surface area (Å²) in [4.78, 5) is 22.9. The van der Waals surface area contributed by atoms with Crippen LogP contribution in [0.5, 0.6) is 0 Å². The molecule has 0 radical (unpaired) electrons. The van der Waals surface area contributed by atoms with Gasteiger partial charge in [0.05, 0.1) is 11.1 Å². The van der Waals surface area contributed by atoms with Crippen LogP contribution in [0.3, 0.4) is 0 Å². The highest BCUT2D eigenvalue weighted by atomic mass is 16.4. The van der Waals surface area contributed by atoms with Gasteiger partial charge in [-0.1, -0.05) is 50.3 Å². The first-order valence-corrected chi connectivity index (χ1v) is 8.67. The van der Waals surface area contributed by atoms with Crippen molar-refractivity contribution in [1.29, 1.82) is 0 Å². The standard InChI is InChI=1S/C23H24O4/c1-5-7-15-13-17(9-11-19(15)21(24)25)23(3,4)18-10-12-20(22(26)27)16(14-18)8-6-2/h5-6,9-14H,1-2,7-8H2,3-4H3,(H,24,25)(H,26,27). The van der Waals surface area contributed by atoms with Crippen LogP contribution in [0, 0.1) is 0 Å². The highest BCUT2D eigenvalue weighted by Gasteiger charge is 2.26. The molecule has 0 aliphatic carbocycles. The summed E-state index contributed by atoms with van der Waals surface area (Å²) in [7, 11) is 0. The number of carbonyl (C=O) groups is 2. The fourth-order valence-corrected chi connectivity index (χ4v) is 3.20. The summed E-state index contributed by atoms with van der Waals surface area (Å²) in [5, 5.41) is 18.8. The second-order valence-electron chi connectivity index (χ2n) is 6.96. The minimum Gasteiger partial charge on any atom is -0.478 e. The number of aromatic carboxylic acids is 2. The van der Waals surface area contributed by atoms with Crippen molar-refractivity contribution < 1.29 is 19.8 Å². The predicted octanol–water partition coefficient (Wildman–Crippen LogP) is 4.87. The molecule has 0 saturated carbocycles. The van der Waals surface area contributed by atoms with Crippen LogP contribution in [0.1, 0.15) is 56.8 Å². The van der Waals surface area contributed by atoms with E-state index < -0.39 is 17.4 Å². The van der Waals surface area contributed by atoms with E-state index in [0.29, 0.717) is 24.0 Å². The summed E-state index contributed by atoms with van der Waals surface area (Å²) in [6, 6.07) is 10.7. The first-order chi connectivity index (χ1) is 12.7. The smallest absolute Gasteiger partial charge is 0.335 e. The molecule has 2 aromatic rings. The summed E-state index contributed by atoms with van der Waals surface area (Å²) < 4.78 is 0. The Labute approximate surface area is 159 Å². The maximum atomic E-state index is 11.4. The third kappa shape index (κ3) is 4.17. The van der Waals surface area contributed by atoms with Crippen molar-refractivity contribution in [2.75, 3.05) is 0 Å². The SMILES string of the molecule is C=CCc1cc(C(C)(C)c2ccc(C(=O)O)c(CC=C)c2)ccc1C(=O)O. The first kappa shape index (κ1) is 20.2. The molecule has 0 aliphatic heterocycles. The molecule has 140 valence electrons. The van der Waals surface area contributed by atoms with E-state index in [1.165, 1.54) is 0 Å². The molecule has 0 saturated heterocycles. The van der Waals surface area contributed by atoms with Crippen molar-refractivity contribution in [3.05, 3.63) is 95.1 Å². The fraction of sp³-hybridized carbons (Fsp3) is 0.217. The molecule has 0 unspecified atom stereocenters. The van der Waals surface area contributed by atoms with Gasteiger partial charge in [-0.05, 0) is 47.2 Å². The van der Waals surface area contributed by atoms with Crippen molar-refractivity contribution in [2.24, 2.45) is 0 Å². The van der Waals surface area contributed by atoms with Gasteiger partial charge in [-0.2, -0.15) is 0 Å². The summed E-state index contributed by atoms with van der Waals surface area (Å²) in [5.74, 6) is -1.93. The maximum Gasteiger partial charge on any atom is 0.335 e. The number of hydrogen-bond acceptors (Lipinski definition) is 2. The fourth-order valence-electron chi connectivity index (χ4n) is 3.20. The van der Waals surface area contributed by atoms with Crippen LogP contribution in [0.4, 0.5) is 0 Å². The molecule has 4 heteroatoms. The molecule has 0 spiro atoms. The lowest BCUT2D eigenvalue weighted by molar-refractivity contribution is 0.0685. The Morgan fingerprint density at radius 1 is 0.852 bits per heavy atom. The van der Waals surface area contributed by atoms with Crippen LogP contribution in [-0.2, 0) is 18.3 Å². The number of carboxylic acid groups (broad SMARTS) is 2. The van der Waals surface area contributed by atoms with Crippen LogP contribution in [-0.4, -0.2) is 22.2 Å². The summed E-state index contributed by atoms with van der Waals surface area (Å²) >= 11 is 0. The predicted molar refractivity (Wildman–Crippen MR) is 107 cm³/mol. The van der Waals surface area contributed by atoms with Gasteiger partial charge in [-0.25, -0.2) is 9.59 Å². The number of carboxylic acids is 2. The van der Waals surface area contributed by atoms with Crippen LogP contribution in [0.2, 0.25) is 0 Å². The molecule has 0 aromatic heterocycles. The monoisotopic (exact) mass is 364 g/mol. The maximum absolute atomic E-state index is 11.4. The Morgan fingerprint density at radius 2 is 1.22 bits per heavy atom. The Morgan fingerprint density at radius 3 is 1.52 bits per heavy atom. The quantitative estimate of drug-likeness (QED) is 0.656. The topological polar surface area (TPSA) is 74.6 Å². The molecule has 0 heterocycles. The highest BCUT2D eigenvalue weighted by molar-refractivity contribution is 5.90. The zero-order chi connectivity index (χ0) is 20.2. The average molecular weight is 364 g/mol. The van der Waals surface area contributed by atoms with Gasteiger partial charge in [-0.15, -0.1) is 13.2 Å². The van der Waals surface area contributed by atoms with E-state index in [1.54, 1.807) is 24.3 Å². The number of hydrogen-bond donors (Lipinski definition) is 2. The normalized spacial score (nSPS) is 11.0. The summed E-state index contributed by atoms with van der Waals surface area (Å²) in [5.41, 5.74) is 3.42. The van der Waals surface area contributed by atoms with Crippen LogP contribution in [0.25, 0.3) is 0 Å². The molecule has 2 N–H and O–H groups in total. The largest absolute Gasteiger partial charge is 0.478 e. The lowest BCUT2D eigenvalue weighted by Crippen LogP contribution is -2.21. The van der Waals surface area contributed by atoms with Gasteiger partial charge in [0.15, 0.2) is 0 Å². The second kappa shape index (κ2) is 8.04. The molecular weight excluding hydrogens is 340 g/mol. The summed E-state index contributed by atoms with van der Waals surface area (Å²) in [6.07, 6.45) is 4.29. The zero-order valence-electron chi connectivity index (χ0n) is 15.7. The van der Waals surface area contributed by atoms with E-state index in [2.05, 4.69) is 13.2 Å². The number of allylic oxidation sites excluding steroid dienone is 2. The van der Waals surface area contributed by atoms with Gasteiger partial charge in [0.25, 0.3) is 0 Å². The van der Waals surface area contributed by atoms with E-state index >= 15 is 0 Å². The van der Waals surface area contributed by atoms with E-state index in [-0.39, 0.29) is 11.1 Å². The van der Waals surface area contributed by atoms with E-state index in [1.807, 2.05) is 38.1 Å². The molecule has 2 aromatic carbocycles. The van der Waals surface area contributed by atoms with Gasteiger partial charge in [0.1, 0.15) is 0 Å². The Kier molecular flexibility index (Phi) is 6.01. The van der Waals surface area contributed by atoms with E-state index in [4.69, 9.17) is 0 Å². The van der Waals surface area contributed by atoms with Gasteiger partial charge in [0, 0.05) is 5.41 Å². The average Bonchev–Trinajstić information content (AvgIpc) is 2.61. The molecule has 0 fully saturated rings. The van der Waals surface area contributed by atoms with Crippen LogP contribution >= 0.6 is 0 Å². The Hall–Kier alpha value is -3.14. The van der Waals surface area contributed by atoms with Gasteiger partial charge >= 0.3 is 11.9 Å². The minimum absolute atomic E-state index is 0.267. The van der Waals surface area contributed by atoms with Crippen molar-refractivity contribution in [2.45, 2.75) is 32.1 Å². The molecule has 0 aliphatic rings. The molecule has 0 atom stereocenters. The van der Waals surface area contributed by atoms with E-state index in [0.717, 1.165) is 11.1 Å². The van der Waals surface area contributed by atoms with Gasteiger partial charge in [-0.3, -0.25) is 0 Å². The molecular formula is C23H24O4. The third-order valence-corrected chi connectivity index (χ3v) is 4.84. The van der Waals surface area contributed by atoms with Gasteiger partial charge < -0.3 is 10.2 Å². The lowest BCUT2D eigenvalue weighted by Gasteiger charge is -2.28. The highest BCUT2D eigenvalue weighted by Crippen LogP contribution is 2.34. The number of benzene rings is 2.